The topological polar surface area (TPSA) is 20.2 Å². The molecule has 1 N–H and O–H groups in total. The van der Waals surface area contributed by atoms with E-state index in [-0.39, 0.29) is 12.0 Å². The maximum absolute atomic E-state index is 9.37. The smallest absolute Gasteiger partial charge is 0.0544 e. The minimum absolute atomic E-state index is 0.0185. The van der Waals surface area contributed by atoms with Crippen LogP contribution < -0.4 is 0 Å². The molecule has 1 fully saturated rings. The van der Waals surface area contributed by atoms with E-state index < -0.39 is 0 Å². The summed E-state index contributed by atoms with van der Waals surface area (Å²) in [5.74, 6) is 0. The number of thioether (sulfide) groups is 1. The van der Waals surface area contributed by atoms with E-state index in [1.54, 1.807) is 11.8 Å². The fourth-order valence-corrected chi connectivity index (χ4v) is 3.01. The molecular weight excluding hydrogens is 240 g/mol. The molecule has 2 rings (SSSR count). The monoisotopic (exact) mass is 256 g/mol. The summed E-state index contributed by atoms with van der Waals surface area (Å²) in [5.41, 5.74) is 1.21. The lowest BCUT2D eigenvalue weighted by atomic mass is 9.97. The minimum Gasteiger partial charge on any atom is -0.395 e. The van der Waals surface area contributed by atoms with Crippen molar-refractivity contribution in [1.82, 2.24) is 0 Å². The van der Waals surface area contributed by atoms with Crippen molar-refractivity contribution < 1.29 is 5.11 Å². The van der Waals surface area contributed by atoms with Gasteiger partial charge in [0, 0.05) is 15.6 Å². The van der Waals surface area contributed by atoms with Gasteiger partial charge in [0.05, 0.1) is 11.6 Å². The van der Waals surface area contributed by atoms with Crippen molar-refractivity contribution in [2.24, 2.45) is 0 Å². The highest BCUT2D eigenvalue weighted by molar-refractivity contribution is 8.00. The number of halogens is 1. The van der Waals surface area contributed by atoms with E-state index in [9.17, 15) is 5.11 Å². The summed E-state index contributed by atoms with van der Waals surface area (Å²) >= 11 is 8.04. The average molecular weight is 257 g/mol. The van der Waals surface area contributed by atoms with Crippen LogP contribution in [-0.4, -0.2) is 17.0 Å². The van der Waals surface area contributed by atoms with Crippen LogP contribution in [0.2, 0.25) is 5.02 Å². The quantitative estimate of drug-likeness (QED) is 0.826. The number of aliphatic hydroxyl groups excluding tert-OH is 1. The lowest BCUT2D eigenvalue weighted by Gasteiger charge is -2.14. The van der Waals surface area contributed by atoms with Gasteiger partial charge in [-0.05, 0) is 30.5 Å². The van der Waals surface area contributed by atoms with Crippen molar-refractivity contribution in [3.05, 3.63) is 28.8 Å². The Balaban J connectivity index is 2.23. The third-order valence-electron chi connectivity index (χ3n) is 3.06. The van der Waals surface area contributed by atoms with Crippen LogP contribution in [0.15, 0.2) is 23.1 Å². The molecule has 88 valence electrons. The summed E-state index contributed by atoms with van der Waals surface area (Å²) in [7, 11) is 0. The van der Waals surface area contributed by atoms with E-state index in [1.807, 2.05) is 6.07 Å². The van der Waals surface area contributed by atoms with Gasteiger partial charge in [0.15, 0.2) is 0 Å². The zero-order valence-electron chi connectivity index (χ0n) is 9.66. The fraction of sp³-hybridized carbons (Fsp3) is 0.538. The molecule has 0 unspecified atom stereocenters. The van der Waals surface area contributed by atoms with Gasteiger partial charge in [0.1, 0.15) is 0 Å². The van der Waals surface area contributed by atoms with Gasteiger partial charge in [-0.25, -0.2) is 0 Å². The third kappa shape index (κ3) is 2.39. The van der Waals surface area contributed by atoms with Crippen LogP contribution in [0, 0.1) is 0 Å². The highest BCUT2D eigenvalue weighted by Gasteiger charge is 2.43. The molecule has 0 radical (unpaired) electrons. The Hall–Kier alpha value is -0.180. The molecule has 0 heterocycles. The number of rotatable bonds is 4. The molecule has 1 aliphatic carbocycles. The minimum atomic E-state index is 0.0185. The van der Waals surface area contributed by atoms with E-state index in [1.165, 1.54) is 5.56 Å². The molecule has 1 aliphatic rings. The SMILES string of the molecule is CC(C)Sc1ccc(C2(CO)CC2)cc1Cl. The number of benzene rings is 1. The van der Waals surface area contributed by atoms with Crippen LogP contribution >= 0.6 is 23.4 Å². The van der Waals surface area contributed by atoms with E-state index in [0.717, 1.165) is 22.8 Å². The second-order valence-electron chi connectivity index (χ2n) is 4.75. The number of hydrogen-bond acceptors (Lipinski definition) is 2. The summed E-state index contributed by atoms with van der Waals surface area (Å²) < 4.78 is 0. The molecular formula is C13H17ClOS. The Morgan fingerprint density at radius 3 is 2.56 bits per heavy atom. The second kappa shape index (κ2) is 4.59. The fourth-order valence-electron chi connectivity index (χ4n) is 1.87. The molecule has 1 aromatic carbocycles. The van der Waals surface area contributed by atoms with Gasteiger partial charge in [0.25, 0.3) is 0 Å². The first-order chi connectivity index (χ1) is 7.57. The molecule has 1 aromatic rings. The molecule has 0 aromatic heterocycles. The zero-order chi connectivity index (χ0) is 11.8. The molecule has 0 aliphatic heterocycles. The van der Waals surface area contributed by atoms with E-state index in [4.69, 9.17) is 11.6 Å². The first kappa shape index (κ1) is 12.3. The summed E-state index contributed by atoms with van der Waals surface area (Å²) in [6.07, 6.45) is 2.16. The van der Waals surface area contributed by atoms with Crippen molar-refractivity contribution in [3.8, 4) is 0 Å². The van der Waals surface area contributed by atoms with Crippen molar-refractivity contribution in [1.29, 1.82) is 0 Å². The summed E-state index contributed by atoms with van der Waals surface area (Å²) in [5, 5.41) is 10.7. The van der Waals surface area contributed by atoms with E-state index in [0.29, 0.717) is 5.25 Å². The summed E-state index contributed by atoms with van der Waals surface area (Å²) in [4.78, 5) is 1.13. The Bertz CT molecular complexity index is 386. The van der Waals surface area contributed by atoms with Gasteiger partial charge in [-0.2, -0.15) is 0 Å². The molecule has 16 heavy (non-hydrogen) atoms. The molecule has 0 spiro atoms. The van der Waals surface area contributed by atoms with Gasteiger partial charge in [-0.3, -0.25) is 0 Å². The molecule has 0 atom stereocenters. The van der Waals surface area contributed by atoms with Gasteiger partial charge >= 0.3 is 0 Å². The predicted molar refractivity (Wildman–Crippen MR) is 70.4 cm³/mol. The Morgan fingerprint density at radius 1 is 1.44 bits per heavy atom. The molecule has 0 amide bonds. The molecule has 0 bridgehead atoms. The maximum atomic E-state index is 9.37. The van der Waals surface area contributed by atoms with Gasteiger partial charge < -0.3 is 5.11 Å². The maximum Gasteiger partial charge on any atom is 0.0544 e. The third-order valence-corrected chi connectivity index (χ3v) is 4.57. The first-order valence-corrected chi connectivity index (χ1v) is 6.91. The highest BCUT2D eigenvalue weighted by atomic mass is 35.5. The zero-order valence-corrected chi connectivity index (χ0v) is 11.2. The Labute approximate surface area is 106 Å². The standard InChI is InChI=1S/C13H17ClOS/c1-9(2)16-12-4-3-10(7-11(12)14)13(8-15)5-6-13/h3-4,7,9,15H,5-6,8H2,1-2H3. The van der Waals surface area contributed by atoms with Crippen molar-refractivity contribution in [2.75, 3.05) is 6.61 Å². The Kier molecular flexibility index (Phi) is 3.53. The van der Waals surface area contributed by atoms with Crippen LogP contribution in [0.3, 0.4) is 0 Å². The van der Waals surface area contributed by atoms with Crippen molar-refractivity contribution in [2.45, 2.75) is 42.2 Å². The lowest BCUT2D eigenvalue weighted by Crippen LogP contribution is -2.11. The Morgan fingerprint density at radius 2 is 2.12 bits per heavy atom. The van der Waals surface area contributed by atoms with Gasteiger partial charge in [-0.1, -0.05) is 31.5 Å². The second-order valence-corrected chi connectivity index (χ2v) is 6.78. The number of aliphatic hydroxyl groups is 1. The van der Waals surface area contributed by atoms with Crippen LogP contribution in [0.4, 0.5) is 0 Å². The van der Waals surface area contributed by atoms with E-state index in [2.05, 4.69) is 26.0 Å². The van der Waals surface area contributed by atoms with Gasteiger partial charge in [0.2, 0.25) is 0 Å². The normalized spacial score (nSPS) is 17.8. The largest absolute Gasteiger partial charge is 0.395 e. The summed E-state index contributed by atoms with van der Waals surface area (Å²) in [6, 6.07) is 6.22. The van der Waals surface area contributed by atoms with Gasteiger partial charge in [-0.15, -0.1) is 11.8 Å². The molecule has 0 saturated heterocycles. The van der Waals surface area contributed by atoms with E-state index >= 15 is 0 Å². The van der Waals surface area contributed by atoms with Crippen molar-refractivity contribution in [3.63, 3.8) is 0 Å². The van der Waals surface area contributed by atoms with Crippen molar-refractivity contribution >= 4 is 23.4 Å². The lowest BCUT2D eigenvalue weighted by molar-refractivity contribution is 0.255. The predicted octanol–water partition coefficient (Wildman–Crippen LogP) is 3.86. The van der Waals surface area contributed by atoms with Crippen LogP contribution in [-0.2, 0) is 5.41 Å². The molecule has 1 nitrogen and oxygen atoms in total. The number of hydrogen-bond donors (Lipinski definition) is 1. The highest BCUT2D eigenvalue weighted by Crippen LogP contribution is 2.48. The molecule has 1 saturated carbocycles. The average Bonchev–Trinajstić information content (AvgIpc) is 3.01. The molecule has 3 heteroatoms. The van der Waals surface area contributed by atoms with Crippen LogP contribution in [0.5, 0.6) is 0 Å². The van der Waals surface area contributed by atoms with Crippen LogP contribution in [0.1, 0.15) is 32.3 Å². The van der Waals surface area contributed by atoms with Crippen LogP contribution in [0.25, 0.3) is 0 Å². The summed E-state index contributed by atoms with van der Waals surface area (Å²) in [6.45, 7) is 4.55. The first-order valence-electron chi connectivity index (χ1n) is 5.65.